The van der Waals surface area contributed by atoms with Crippen LogP contribution in [0.1, 0.15) is 93.1 Å². The highest BCUT2D eigenvalue weighted by Crippen LogP contribution is 2.31. The largest absolute Gasteiger partial charge is 0.379 e. The van der Waals surface area contributed by atoms with Gasteiger partial charge in [0, 0.05) is 59.2 Å². The topological polar surface area (TPSA) is 201 Å². The molecule has 3 rings (SSSR count). The third kappa shape index (κ3) is 14.9. The van der Waals surface area contributed by atoms with Gasteiger partial charge in [-0.05, 0) is 74.5 Å². The average Bonchev–Trinajstić information content (AvgIpc) is 3.74. The van der Waals surface area contributed by atoms with E-state index in [0.717, 1.165) is 0 Å². The van der Waals surface area contributed by atoms with E-state index in [2.05, 4.69) is 15.4 Å². The molecule has 1 heterocycles. The van der Waals surface area contributed by atoms with Gasteiger partial charge in [0.25, 0.3) is 15.9 Å². The number of anilines is 1. The Balaban J connectivity index is 1.84. The summed E-state index contributed by atoms with van der Waals surface area (Å²) in [6.45, 7) is 15.3. The average molecular weight is 941 g/mol. The zero-order valence-electron chi connectivity index (χ0n) is 41.3. The molecule has 368 valence electrons. The van der Waals surface area contributed by atoms with E-state index in [4.69, 9.17) is 9.47 Å². The number of hydrogen-bond donors (Lipinski definition) is 3. The third-order valence-electron chi connectivity index (χ3n) is 13.0. The number of amides is 5. The number of benzene rings is 2. The molecule has 0 bridgehead atoms. The van der Waals surface area contributed by atoms with E-state index >= 15 is 0 Å². The summed E-state index contributed by atoms with van der Waals surface area (Å²) in [5.74, 6) is -3.85. The molecular formula is C49H76N6O10S. The van der Waals surface area contributed by atoms with Crippen molar-refractivity contribution in [2.45, 2.75) is 135 Å². The third-order valence-corrected chi connectivity index (χ3v) is 14.3. The van der Waals surface area contributed by atoms with Crippen molar-refractivity contribution < 1.29 is 46.7 Å². The number of likely N-dealkylation sites (N-methyl/N-ethyl adjacent to an activating group) is 2. The summed E-state index contributed by atoms with van der Waals surface area (Å²) in [5, 5.41) is 5.33. The molecule has 66 heavy (non-hydrogen) atoms. The second kappa shape index (κ2) is 25.4. The maximum absolute atomic E-state index is 14.4. The smallest absolute Gasteiger partial charge is 0.264 e. The minimum absolute atomic E-state index is 0.00995. The van der Waals surface area contributed by atoms with Crippen LogP contribution in [0.15, 0.2) is 59.5 Å². The molecule has 0 aromatic heterocycles. The Morgan fingerprint density at radius 2 is 1.45 bits per heavy atom. The first-order chi connectivity index (χ1) is 31.0. The Morgan fingerprint density at radius 3 is 1.97 bits per heavy atom. The molecule has 1 aliphatic heterocycles. The molecule has 1 aliphatic rings. The number of likely N-dealkylation sites (tertiary alicyclic amines) is 1. The number of sulfonamides is 1. The van der Waals surface area contributed by atoms with Crippen molar-refractivity contribution in [3.05, 3.63) is 60.2 Å². The van der Waals surface area contributed by atoms with Gasteiger partial charge in [-0.3, -0.25) is 33.7 Å². The van der Waals surface area contributed by atoms with Crippen LogP contribution in [0.4, 0.5) is 5.69 Å². The van der Waals surface area contributed by atoms with Crippen LogP contribution >= 0.6 is 0 Å². The molecule has 5 amide bonds. The SMILES string of the molecule is CC[C@H](C)[C@@H]([C@@H](CC(=O)N1CCC[C@H]1[C@H](OC)[C@@H](C)C(=O)N[C@@H](Cc1ccccc1)C(=O)NS(=O)(=O)c1ccc(NC(C)=O)cc1)OC)N(C)C(=O)[C@@H](CC(=O)[C@H](C(C)C)N(C)C)C(C)C. The number of carbonyl (C=O) groups excluding carboxylic acids is 6. The van der Waals surface area contributed by atoms with Gasteiger partial charge in [-0.25, -0.2) is 13.1 Å². The standard InChI is InChI=1S/C49H76N6O10S/c1-14-32(6)45(54(11)49(61)38(30(2)3)28-41(57)44(31(4)5)53(9)10)42(64-12)29-43(58)55-26-18-21-40(55)46(65-13)33(7)47(59)51-39(27-35-19-16-15-17-20-35)48(60)52-66(62,63)37-24-22-36(23-25-37)50-34(8)56/h15-17,19-20,22-25,30-33,38-40,42,44-46H,14,18,21,26-29H2,1-13H3,(H,50,56)(H,51,59)(H,52,60)/t32-,33+,38-,39-,40-,42+,44-,45-,46+/m0/s1. The van der Waals surface area contributed by atoms with Crippen molar-refractivity contribution in [2.75, 3.05) is 47.2 Å². The number of rotatable bonds is 25. The summed E-state index contributed by atoms with van der Waals surface area (Å²) in [6.07, 6.45) is 0.399. The lowest BCUT2D eigenvalue weighted by Gasteiger charge is -2.41. The first kappa shape index (κ1) is 55.6. The van der Waals surface area contributed by atoms with Crippen molar-refractivity contribution in [2.24, 2.45) is 29.6 Å². The summed E-state index contributed by atoms with van der Waals surface area (Å²) >= 11 is 0. The van der Waals surface area contributed by atoms with Gasteiger partial charge >= 0.3 is 0 Å². The van der Waals surface area contributed by atoms with Crippen LogP contribution in [0.25, 0.3) is 0 Å². The minimum Gasteiger partial charge on any atom is -0.379 e. The molecule has 1 fully saturated rings. The zero-order chi connectivity index (χ0) is 49.6. The van der Waals surface area contributed by atoms with Crippen molar-refractivity contribution in [1.82, 2.24) is 24.7 Å². The quantitative estimate of drug-likeness (QED) is 0.122. The van der Waals surface area contributed by atoms with Gasteiger partial charge in [-0.1, -0.05) is 85.2 Å². The number of hydrogen-bond acceptors (Lipinski definition) is 11. The fraction of sp³-hybridized carbons (Fsp3) is 0.633. The molecule has 16 nitrogen and oxygen atoms in total. The maximum atomic E-state index is 14.4. The highest BCUT2D eigenvalue weighted by atomic mass is 32.2. The first-order valence-corrected chi connectivity index (χ1v) is 24.6. The number of nitrogens with one attached hydrogen (secondary N) is 3. The second-order valence-electron chi connectivity index (χ2n) is 18.7. The van der Waals surface area contributed by atoms with E-state index in [1.165, 1.54) is 45.4 Å². The summed E-state index contributed by atoms with van der Waals surface area (Å²) in [7, 11) is 4.08. The predicted octanol–water partition coefficient (Wildman–Crippen LogP) is 4.92. The van der Waals surface area contributed by atoms with E-state index in [0.29, 0.717) is 37.1 Å². The van der Waals surface area contributed by atoms with Gasteiger partial charge in [-0.15, -0.1) is 0 Å². The van der Waals surface area contributed by atoms with E-state index < -0.39 is 64.0 Å². The van der Waals surface area contributed by atoms with E-state index in [-0.39, 0.29) is 71.5 Å². The molecule has 0 radical (unpaired) electrons. The lowest BCUT2D eigenvalue weighted by molar-refractivity contribution is -0.149. The fourth-order valence-corrected chi connectivity index (χ4v) is 10.3. The fourth-order valence-electron chi connectivity index (χ4n) is 9.31. The minimum atomic E-state index is -4.39. The number of carbonyl (C=O) groups is 6. The molecule has 0 spiro atoms. The molecule has 1 saturated heterocycles. The van der Waals surface area contributed by atoms with Crippen molar-refractivity contribution in [3.8, 4) is 0 Å². The predicted molar refractivity (Wildman–Crippen MR) is 255 cm³/mol. The molecule has 2 aromatic carbocycles. The lowest BCUT2D eigenvalue weighted by atomic mass is 9.83. The number of ketones is 1. The molecule has 9 atom stereocenters. The summed E-state index contributed by atoms with van der Waals surface area (Å²) in [4.78, 5) is 86.9. The normalized spacial score (nSPS) is 17.9. The Hall–Kier alpha value is -4.71. The van der Waals surface area contributed by atoms with E-state index in [1.807, 2.05) is 60.5 Å². The number of nitrogens with zero attached hydrogens (tertiary/aromatic N) is 3. The molecule has 0 aliphatic carbocycles. The van der Waals surface area contributed by atoms with Gasteiger partial charge in [0.05, 0.1) is 47.6 Å². The van der Waals surface area contributed by atoms with Gasteiger partial charge in [-0.2, -0.15) is 0 Å². The van der Waals surface area contributed by atoms with Gasteiger partial charge in [0.2, 0.25) is 23.6 Å². The molecular weight excluding hydrogens is 865 g/mol. The second-order valence-corrected chi connectivity index (χ2v) is 20.4. The Kier molecular flexibility index (Phi) is 21.4. The van der Waals surface area contributed by atoms with Crippen LogP contribution in [0.2, 0.25) is 0 Å². The van der Waals surface area contributed by atoms with Crippen molar-refractivity contribution in [3.63, 3.8) is 0 Å². The van der Waals surface area contributed by atoms with E-state index in [1.54, 1.807) is 54.1 Å². The summed E-state index contributed by atoms with van der Waals surface area (Å²) in [6, 6.07) is 11.5. The van der Waals surface area contributed by atoms with E-state index in [9.17, 15) is 37.2 Å². The zero-order valence-corrected chi connectivity index (χ0v) is 42.1. The van der Waals surface area contributed by atoms with Crippen LogP contribution in [0.5, 0.6) is 0 Å². The van der Waals surface area contributed by atoms with Crippen LogP contribution in [-0.4, -0.2) is 137 Å². The maximum Gasteiger partial charge on any atom is 0.264 e. The number of methoxy groups -OCH3 is 2. The molecule has 0 unspecified atom stereocenters. The molecule has 0 saturated carbocycles. The van der Waals surface area contributed by atoms with Crippen molar-refractivity contribution >= 4 is 51.0 Å². The summed E-state index contributed by atoms with van der Waals surface area (Å²) < 4.78 is 40.9. The lowest BCUT2D eigenvalue weighted by Crippen LogP contribution is -2.55. The van der Waals surface area contributed by atoms with Gasteiger partial charge in [0.1, 0.15) is 6.04 Å². The Bertz CT molecular complexity index is 2040. The highest BCUT2D eigenvalue weighted by Gasteiger charge is 2.44. The highest BCUT2D eigenvalue weighted by molar-refractivity contribution is 7.90. The Labute approximate surface area is 393 Å². The van der Waals surface area contributed by atoms with Gasteiger partial charge in [0.15, 0.2) is 5.78 Å². The Morgan fingerprint density at radius 1 is 0.833 bits per heavy atom. The molecule has 17 heteroatoms. The number of Topliss-reactive ketones (excluding diaryl/α,β-unsaturated/α-hetero) is 1. The van der Waals surface area contributed by atoms with Crippen LogP contribution in [0.3, 0.4) is 0 Å². The van der Waals surface area contributed by atoms with Crippen LogP contribution < -0.4 is 15.4 Å². The monoisotopic (exact) mass is 941 g/mol. The summed E-state index contributed by atoms with van der Waals surface area (Å²) in [5.41, 5.74) is 1.05. The number of ether oxygens (including phenoxy) is 2. The first-order valence-electron chi connectivity index (χ1n) is 23.1. The van der Waals surface area contributed by atoms with Crippen molar-refractivity contribution in [1.29, 1.82) is 0 Å². The molecule has 3 N–H and O–H groups in total. The van der Waals surface area contributed by atoms with Crippen LogP contribution in [0, 0.1) is 29.6 Å². The van der Waals surface area contributed by atoms with Gasteiger partial charge < -0.3 is 29.9 Å². The van der Waals surface area contributed by atoms with Crippen LogP contribution in [-0.2, 0) is 54.7 Å². The molecule has 2 aromatic rings.